The molecule has 2 atom stereocenters. The van der Waals surface area contributed by atoms with Crippen LogP contribution in [0.5, 0.6) is 0 Å². The number of benzene rings is 1. The van der Waals surface area contributed by atoms with Gasteiger partial charge in [0.15, 0.2) is 0 Å². The molecule has 0 radical (unpaired) electrons. The predicted molar refractivity (Wildman–Crippen MR) is 84.2 cm³/mol. The molecule has 0 bridgehead atoms. The normalized spacial score (nSPS) is 22.8. The van der Waals surface area contributed by atoms with E-state index < -0.39 is 5.91 Å². The first kappa shape index (κ1) is 15.2. The number of halogens is 1. The summed E-state index contributed by atoms with van der Waals surface area (Å²) in [6.45, 7) is 4.54. The van der Waals surface area contributed by atoms with Crippen LogP contribution in [0.2, 0.25) is 5.02 Å². The van der Waals surface area contributed by atoms with Crippen molar-refractivity contribution in [1.82, 2.24) is 0 Å². The summed E-state index contributed by atoms with van der Waals surface area (Å²) in [5.41, 5.74) is 6.65. The molecule has 2 unspecified atom stereocenters. The minimum atomic E-state index is -0.422. The fourth-order valence-corrected chi connectivity index (χ4v) is 3.30. The van der Waals surface area contributed by atoms with E-state index in [4.69, 9.17) is 17.3 Å². The predicted octanol–water partition coefficient (Wildman–Crippen LogP) is 4.07. The van der Waals surface area contributed by atoms with Crippen LogP contribution in [-0.4, -0.2) is 11.9 Å². The van der Waals surface area contributed by atoms with E-state index in [9.17, 15) is 4.79 Å². The highest BCUT2D eigenvalue weighted by Gasteiger charge is 2.27. The summed E-state index contributed by atoms with van der Waals surface area (Å²) < 4.78 is 0. The highest BCUT2D eigenvalue weighted by atomic mass is 35.5. The lowest BCUT2D eigenvalue weighted by atomic mass is 9.78. The van der Waals surface area contributed by atoms with Crippen molar-refractivity contribution in [2.24, 2.45) is 17.6 Å². The van der Waals surface area contributed by atoms with Gasteiger partial charge < -0.3 is 11.1 Å². The van der Waals surface area contributed by atoms with Gasteiger partial charge in [-0.05, 0) is 42.9 Å². The SMILES string of the molecule is CC(C)C1CCCCC1Nc1cc(C(N)=O)ccc1Cl. The van der Waals surface area contributed by atoms with Crippen molar-refractivity contribution in [1.29, 1.82) is 0 Å². The fourth-order valence-electron chi connectivity index (χ4n) is 3.13. The fraction of sp³-hybridized carbons (Fsp3) is 0.562. The zero-order chi connectivity index (χ0) is 14.7. The minimum absolute atomic E-state index is 0.421. The average Bonchev–Trinajstić information content (AvgIpc) is 2.41. The number of carbonyl (C=O) groups excluding carboxylic acids is 1. The third kappa shape index (κ3) is 3.45. The number of nitrogens with one attached hydrogen (secondary N) is 1. The average molecular weight is 295 g/mol. The molecule has 0 saturated heterocycles. The molecule has 1 saturated carbocycles. The number of rotatable bonds is 4. The number of carbonyl (C=O) groups is 1. The summed E-state index contributed by atoms with van der Waals surface area (Å²) in [5.74, 6) is 0.872. The number of hydrogen-bond acceptors (Lipinski definition) is 2. The highest BCUT2D eigenvalue weighted by Crippen LogP contribution is 2.34. The van der Waals surface area contributed by atoms with Crippen molar-refractivity contribution in [2.45, 2.75) is 45.6 Å². The van der Waals surface area contributed by atoms with E-state index >= 15 is 0 Å². The Hall–Kier alpha value is -1.22. The van der Waals surface area contributed by atoms with Gasteiger partial charge in [0.25, 0.3) is 0 Å². The molecule has 0 aliphatic heterocycles. The Balaban J connectivity index is 2.19. The Bertz CT molecular complexity index is 487. The molecular formula is C16H23ClN2O. The molecule has 0 spiro atoms. The number of amides is 1. The van der Waals surface area contributed by atoms with E-state index in [-0.39, 0.29) is 0 Å². The van der Waals surface area contributed by atoms with Gasteiger partial charge >= 0.3 is 0 Å². The number of primary amides is 1. The Morgan fingerprint density at radius 2 is 2.05 bits per heavy atom. The van der Waals surface area contributed by atoms with Gasteiger partial charge in [-0.3, -0.25) is 4.79 Å². The summed E-state index contributed by atoms with van der Waals surface area (Å²) >= 11 is 6.23. The van der Waals surface area contributed by atoms with Gasteiger partial charge in [0, 0.05) is 11.6 Å². The second-order valence-corrected chi connectivity index (χ2v) is 6.41. The maximum atomic E-state index is 11.3. The lowest BCUT2D eigenvalue weighted by molar-refractivity contribution is 0.100. The van der Waals surface area contributed by atoms with E-state index in [2.05, 4.69) is 19.2 Å². The molecule has 110 valence electrons. The second-order valence-electron chi connectivity index (χ2n) is 6.00. The quantitative estimate of drug-likeness (QED) is 0.879. The zero-order valence-corrected chi connectivity index (χ0v) is 12.9. The van der Waals surface area contributed by atoms with Crippen LogP contribution in [0.15, 0.2) is 18.2 Å². The molecule has 2 rings (SSSR count). The van der Waals surface area contributed by atoms with Crippen LogP contribution in [0.3, 0.4) is 0 Å². The molecule has 1 aromatic rings. The van der Waals surface area contributed by atoms with Crippen molar-refractivity contribution < 1.29 is 4.79 Å². The molecule has 1 aliphatic carbocycles. The smallest absolute Gasteiger partial charge is 0.248 e. The topological polar surface area (TPSA) is 55.1 Å². The van der Waals surface area contributed by atoms with Crippen molar-refractivity contribution in [3.8, 4) is 0 Å². The Morgan fingerprint density at radius 3 is 2.70 bits per heavy atom. The maximum Gasteiger partial charge on any atom is 0.248 e. The molecule has 1 aliphatic rings. The highest BCUT2D eigenvalue weighted by molar-refractivity contribution is 6.33. The minimum Gasteiger partial charge on any atom is -0.381 e. The lowest BCUT2D eigenvalue weighted by Crippen LogP contribution is -2.35. The monoisotopic (exact) mass is 294 g/mol. The summed E-state index contributed by atoms with van der Waals surface area (Å²) in [6, 6.07) is 5.58. The molecule has 0 heterocycles. The van der Waals surface area contributed by atoms with Crippen molar-refractivity contribution >= 4 is 23.2 Å². The van der Waals surface area contributed by atoms with Gasteiger partial charge in [-0.15, -0.1) is 0 Å². The van der Waals surface area contributed by atoms with Gasteiger partial charge in [0.05, 0.1) is 10.7 Å². The van der Waals surface area contributed by atoms with Crippen molar-refractivity contribution in [2.75, 3.05) is 5.32 Å². The van der Waals surface area contributed by atoms with Crippen LogP contribution in [0.1, 0.15) is 49.9 Å². The summed E-state index contributed by atoms with van der Waals surface area (Å²) in [6.07, 6.45) is 4.95. The van der Waals surface area contributed by atoms with Gasteiger partial charge in [0.2, 0.25) is 5.91 Å². The Morgan fingerprint density at radius 1 is 1.35 bits per heavy atom. The van der Waals surface area contributed by atoms with Gasteiger partial charge in [-0.2, -0.15) is 0 Å². The molecule has 3 nitrogen and oxygen atoms in total. The molecule has 20 heavy (non-hydrogen) atoms. The van der Waals surface area contributed by atoms with E-state index in [0.29, 0.717) is 28.5 Å². The maximum absolute atomic E-state index is 11.3. The van der Waals surface area contributed by atoms with Crippen LogP contribution in [-0.2, 0) is 0 Å². The zero-order valence-electron chi connectivity index (χ0n) is 12.2. The van der Waals surface area contributed by atoms with Gasteiger partial charge in [0.1, 0.15) is 0 Å². The third-order valence-electron chi connectivity index (χ3n) is 4.27. The first-order valence-electron chi connectivity index (χ1n) is 7.35. The largest absolute Gasteiger partial charge is 0.381 e. The summed E-state index contributed by atoms with van der Waals surface area (Å²) in [4.78, 5) is 11.3. The molecule has 0 aromatic heterocycles. The molecular weight excluding hydrogens is 272 g/mol. The van der Waals surface area contributed by atoms with E-state index in [0.717, 1.165) is 12.1 Å². The first-order valence-corrected chi connectivity index (χ1v) is 7.72. The first-order chi connectivity index (χ1) is 9.49. The van der Waals surface area contributed by atoms with Crippen LogP contribution in [0, 0.1) is 11.8 Å². The van der Waals surface area contributed by atoms with Crippen LogP contribution in [0.25, 0.3) is 0 Å². The third-order valence-corrected chi connectivity index (χ3v) is 4.60. The van der Waals surface area contributed by atoms with Crippen molar-refractivity contribution in [3.05, 3.63) is 28.8 Å². The molecule has 1 fully saturated rings. The molecule has 1 aromatic carbocycles. The standard InChI is InChI=1S/C16H23ClN2O/c1-10(2)12-5-3-4-6-14(12)19-15-9-11(16(18)20)7-8-13(15)17/h7-10,12,14,19H,3-6H2,1-2H3,(H2,18,20). The summed E-state index contributed by atoms with van der Waals surface area (Å²) in [7, 11) is 0. The van der Waals surface area contributed by atoms with Gasteiger partial charge in [-0.25, -0.2) is 0 Å². The second kappa shape index (κ2) is 6.49. The number of nitrogens with two attached hydrogens (primary N) is 1. The summed E-state index contributed by atoms with van der Waals surface area (Å²) in [5, 5.41) is 4.18. The van der Waals surface area contributed by atoms with E-state index in [1.165, 1.54) is 19.3 Å². The van der Waals surface area contributed by atoms with Crippen molar-refractivity contribution in [3.63, 3.8) is 0 Å². The Kier molecular flexibility index (Phi) is 4.92. The van der Waals surface area contributed by atoms with Crippen LogP contribution in [0.4, 0.5) is 5.69 Å². The lowest BCUT2D eigenvalue weighted by Gasteiger charge is -2.35. The number of anilines is 1. The van der Waals surface area contributed by atoms with E-state index in [1.54, 1.807) is 18.2 Å². The van der Waals surface area contributed by atoms with Gasteiger partial charge in [-0.1, -0.05) is 38.3 Å². The molecule has 4 heteroatoms. The van der Waals surface area contributed by atoms with Crippen LogP contribution >= 0.6 is 11.6 Å². The van der Waals surface area contributed by atoms with Crippen LogP contribution < -0.4 is 11.1 Å². The molecule has 3 N–H and O–H groups in total. The van der Waals surface area contributed by atoms with E-state index in [1.807, 2.05) is 0 Å². The number of hydrogen-bond donors (Lipinski definition) is 2. The molecule has 1 amide bonds. The Labute approximate surface area is 125 Å².